The van der Waals surface area contributed by atoms with Crippen LogP contribution in [0, 0.1) is 12.7 Å². The highest BCUT2D eigenvalue weighted by atomic mass is 19.1. The van der Waals surface area contributed by atoms with Gasteiger partial charge in [-0.1, -0.05) is 49.6 Å². The largest absolute Gasteiger partial charge is 0.403 e. The molecule has 0 spiro atoms. The molecule has 0 aromatic heterocycles. The van der Waals surface area contributed by atoms with Crippen LogP contribution >= 0.6 is 0 Å². The molecule has 0 aliphatic carbocycles. The number of nitrogens with zero attached hydrogens (tertiary/aromatic N) is 1. The number of rotatable bonds is 10. The molecule has 0 bridgehead atoms. The van der Waals surface area contributed by atoms with Gasteiger partial charge in [0, 0.05) is 47.9 Å². The summed E-state index contributed by atoms with van der Waals surface area (Å²) in [7, 11) is 0. The summed E-state index contributed by atoms with van der Waals surface area (Å²) < 4.78 is 15.1. The number of aryl methyl sites for hydroxylation is 1. The van der Waals surface area contributed by atoms with Crippen molar-refractivity contribution >= 4 is 0 Å². The van der Waals surface area contributed by atoms with E-state index in [-0.39, 0.29) is 23.9 Å². The van der Waals surface area contributed by atoms with E-state index >= 15 is 4.39 Å². The van der Waals surface area contributed by atoms with Crippen LogP contribution in [0.4, 0.5) is 4.39 Å². The zero-order chi connectivity index (χ0) is 24.8. The first-order valence-corrected chi connectivity index (χ1v) is 11.6. The molecule has 0 radical (unpaired) electrons. The Kier molecular flexibility index (Phi) is 8.36. The number of hydrogen-bond donors (Lipinski definition) is 5. The summed E-state index contributed by atoms with van der Waals surface area (Å²) in [6, 6.07) is 13.0. The van der Waals surface area contributed by atoms with Crippen molar-refractivity contribution in [2.24, 2.45) is 17.3 Å². The smallest absolute Gasteiger partial charge is 0.128 e. The monoisotopic (exact) mass is 464 g/mol. The summed E-state index contributed by atoms with van der Waals surface area (Å²) in [4.78, 5) is 2.24. The Balaban J connectivity index is 1.89. The molecule has 0 amide bonds. The molecule has 1 aliphatic heterocycles. The van der Waals surface area contributed by atoms with Crippen LogP contribution in [0.3, 0.4) is 0 Å². The van der Waals surface area contributed by atoms with Gasteiger partial charge < -0.3 is 27.1 Å². The highest BCUT2D eigenvalue weighted by Crippen LogP contribution is 2.32. The zero-order valence-corrected chi connectivity index (χ0v) is 20.2. The van der Waals surface area contributed by atoms with Crippen molar-refractivity contribution < 1.29 is 4.39 Å². The van der Waals surface area contributed by atoms with Crippen molar-refractivity contribution in [2.75, 3.05) is 6.54 Å². The van der Waals surface area contributed by atoms with Gasteiger partial charge in [0.2, 0.25) is 0 Å². The van der Waals surface area contributed by atoms with E-state index in [9.17, 15) is 0 Å². The molecule has 6 nitrogen and oxygen atoms in total. The maximum absolute atomic E-state index is 15.1. The minimum absolute atomic E-state index is 0.0600. The number of nitrogens with one attached hydrogen (secondary N) is 2. The molecule has 8 N–H and O–H groups in total. The van der Waals surface area contributed by atoms with Crippen LogP contribution in [0.1, 0.15) is 60.5 Å². The third-order valence-electron chi connectivity index (χ3n) is 6.45. The van der Waals surface area contributed by atoms with Gasteiger partial charge in [-0.25, -0.2) is 4.39 Å². The summed E-state index contributed by atoms with van der Waals surface area (Å²) >= 11 is 0. The van der Waals surface area contributed by atoms with E-state index in [0.717, 1.165) is 47.5 Å². The predicted octanol–water partition coefficient (Wildman–Crippen LogP) is 3.98. The van der Waals surface area contributed by atoms with E-state index in [0.29, 0.717) is 17.7 Å². The van der Waals surface area contributed by atoms with Crippen LogP contribution < -0.4 is 28.1 Å². The third kappa shape index (κ3) is 5.61. The number of hydrogen-bond acceptors (Lipinski definition) is 6. The van der Waals surface area contributed by atoms with Gasteiger partial charge in [-0.15, -0.1) is 0 Å². The second kappa shape index (κ2) is 11.2. The number of halogens is 1. The highest BCUT2D eigenvalue weighted by Gasteiger charge is 2.30. The second-order valence-corrected chi connectivity index (χ2v) is 8.97. The first-order valence-electron chi connectivity index (χ1n) is 11.6. The van der Waals surface area contributed by atoms with Gasteiger partial charge in [0.1, 0.15) is 5.82 Å². The van der Waals surface area contributed by atoms with Gasteiger partial charge in [0.05, 0.1) is 12.1 Å². The van der Waals surface area contributed by atoms with E-state index in [1.807, 2.05) is 43.3 Å². The van der Waals surface area contributed by atoms with E-state index in [4.69, 9.17) is 17.3 Å². The lowest BCUT2D eigenvalue weighted by molar-refractivity contribution is 0.333. The Labute approximate surface area is 202 Å². The molecule has 7 heteroatoms. The summed E-state index contributed by atoms with van der Waals surface area (Å²) in [6.45, 7) is 13.2. The Morgan fingerprint density at radius 2 is 1.94 bits per heavy atom. The lowest BCUT2D eigenvalue weighted by Gasteiger charge is -2.33. The number of benzene rings is 2. The van der Waals surface area contributed by atoms with Crippen LogP contribution in [0.5, 0.6) is 0 Å². The molecule has 2 aromatic rings. The Morgan fingerprint density at radius 3 is 2.53 bits per heavy atom. The molecule has 3 atom stereocenters. The minimum Gasteiger partial charge on any atom is -0.403 e. The molecule has 3 rings (SSSR count). The van der Waals surface area contributed by atoms with Crippen LogP contribution in [-0.2, 0) is 0 Å². The highest BCUT2D eigenvalue weighted by molar-refractivity contribution is 5.40. The molecule has 2 aromatic carbocycles. The third-order valence-corrected chi connectivity index (χ3v) is 6.45. The average Bonchev–Trinajstić information content (AvgIpc) is 3.31. The van der Waals surface area contributed by atoms with Gasteiger partial charge in [-0.05, 0) is 49.4 Å². The standard InChI is InChI=1S/C27H37FN6/c1-17-13-22(15-24(28)26(17)19(3)30)27(21-9-6-5-7-10-21)32-20(4)25-11-8-12-34(25)18(2)14-23(16-29)33-31/h5-7,9-10,13,15-16,19,25,27,32-33H,2,4,8,11-12,14,29-31H2,1,3H3/b23-16-. The molecular weight excluding hydrogens is 427 g/mol. The predicted molar refractivity (Wildman–Crippen MR) is 137 cm³/mol. The van der Waals surface area contributed by atoms with Crippen LogP contribution in [-0.4, -0.2) is 17.5 Å². The van der Waals surface area contributed by atoms with Crippen molar-refractivity contribution in [3.63, 3.8) is 0 Å². The maximum Gasteiger partial charge on any atom is 0.128 e. The zero-order valence-electron chi connectivity index (χ0n) is 20.2. The number of hydrazine groups is 1. The SMILES string of the molecule is C=C(NC(c1ccccc1)c1cc(C)c(C(C)N)c(F)c1)C1CCCN1C(=C)C/C(=C/N)NN. The first-order chi connectivity index (χ1) is 16.3. The molecule has 1 saturated heterocycles. The van der Waals surface area contributed by atoms with E-state index < -0.39 is 0 Å². The lowest BCUT2D eigenvalue weighted by Crippen LogP contribution is -2.37. The van der Waals surface area contributed by atoms with Gasteiger partial charge in [0.15, 0.2) is 0 Å². The molecule has 182 valence electrons. The van der Waals surface area contributed by atoms with Gasteiger partial charge in [-0.2, -0.15) is 0 Å². The molecule has 3 unspecified atom stereocenters. The molecule has 0 saturated carbocycles. The van der Waals surface area contributed by atoms with Gasteiger partial charge in [0.25, 0.3) is 0 Å². The fourth-order valence-corrected chi connectivity index (χ4v) is 4.80. The van der Waals surface area contributed by atoms with Gasteiger partial charge in [-0.3, -0.25) is 5.84 Å². The van der Waals surface area contributed by atoms with E-state index in [1.165, 1.54) is 6.20 Å². The van der Waals surface area contributed by atoms with Crippen LogP contribution in [0.2, 0.25) is 0 Å². The fourth-order valence-electron chi connectivity index (χ4n) is 4.80. The van der Waals surface area contributed by atoms with Crippen molar-refractivity contribution in [1.82, 2.24) is 15.6 Å². The maximum atomic E-state index is 15.1. The summed E-state index contributed by atoms with van der Waals surface area (Å²) in [5.41, 5.74) is 20.0. The normalized spacial score (nSPS) is 17.9. The average molecular weight is 465 g/mol. The second-order valence-electron chi connectivity index (χ2n) is 8.97. The summed E-state index contributed by atoms with van der Waals surface area (Å²) in [6.07, 6.45) is 3.95. The van der Waals surface area contributed by atoms with Crippen LogP contribution in [0.15, 0.2) is 78.9 Å². The number of nitrogens with two attached hydrogens (primary N) is 3. The Hall–Kier alpha value is -3.29. The topological polar surface area (TPSA) is 105 Å². The molecular formula is C27H37FN6. The number of likely N-dealkylation sites (tertiary alicyclic amines) is 1. The Morgan fingerprint density at radius 1 is 1.24 bits per heavy atom. The summed E-state index contributed by atoms with van der Waals surface area (Å²) in [5.74, 6) is 5.26. The summed E-state index contributed by atoms with van der Waals surface area (Å²) in [5, 5.41) is 3.61. The molecule has 1 aliphatic rings. The molecule has 1 fully saturated rings. The van der Waals surface area contributed by atoms with Crippen molar-refractivity contribution in [1.29, 1.82) is 0 Å². The quantitative estimate of drug-likeness (QED) is 0.269. The van der Waals surface area contributed by atoms with E-state index in [2.05, 4.69) is 28.8 Å². The van der Waals surface area contributed by atoms with Crippen molar-refractivity contribution in [3.05, 3.63) is 107 Å². The van der Waals surface area contributed by atoms with Gasteiger partial charge >= 0.3 is 0 Å². The van der Waals surface area contributed by atoms with E-state index in [1.54, 1.807) is 13.0 Å². The first kappa shape index (κ1) is 25.3. The van der Waals surface area contributed by atoms with Crippen molar-refractivity contribution in [2.45, 2.75) is 51.2 Å². The minimum atomic E-state index is -0.374. The molecule has 34 heavy (non-hydrogen) atoms. The lowest BCUT2D eigenvalue weighted by atomic mass is 9.92. The fraction of sp³-hybridized carbons (Fsp3) is 0.333. The molecule has 1 heterocycles. The Bertz CT molecular complexity index is 1020. The van der Waals surface area contributed by atoms with Crippen molar-refractivity contribution in [3.8, 4) is 0 Å². The van der Waals surface area contributed by atoms with Crippen LogP contribution in [0.25, 0.3) is 0 Å².